The number of nitrogens with zero attached hydrogens (tertiary/aromatic N) is 4. The van der Waals surface area contributed by atoms with Crippen molar-refractivity contribution in [2.75, 3.05) is 0 Å². The third-order valence-corrected chi connectivity index (χ3v) is 3.28. The van der Waals surface area contributed by atoms with Gasteiger partial charge in [-0.05, 0) is 25.3 Å². The number of Topliss-reactive ketones (excluding diaryl/α,β-unsaturated/α-hetero) is 1. The molecule has 0 N–H and O–H groups in total. The van der Waals surface area contributed by atoms with Crippen LogP contribution in [0.5, 0.6) is 0 Å². The van der Waals surface area contributed by atoms with E-state index in [-0.39, 0.29) is 11.7 Å². The van der Waals surface area contributed by atoms with Crippen LogP contribution >= 0.6 is 0 Å². The van der Waals surface area contributed by atoms with Crippen LogP contribution in [-0.4, -0.2) is 25.9 Å². The van der Waals surface area contributed by atoms with Crippen LogP contribution in [0.1, 0.15) is 43.1 Å². The van der Waals surface area contributed by atoms with E-state index < -0.39 is 0 Å². The van der Waals surface area contributed by atoms with Gasteiger partial charge in [-0.25, -0.2) is 9.97 Å². The fourth-order valence-corrected chi connectivity index (χ4v) is 2.22. The lowest BCUT2D eigenvalue weighted by Crippen LogP contribution is -2.17. The minimum atomic E-state index is -0.250. The Bertz CT molecular complexity index is 591. The summed E-state index contributed by atoms with van der Waals surface area (Å²) in [5, 5.41) is 3.86. The van der Waals surface area contributed by atoms with Crippen LogP contribution < -0.4 is 0 Å². The predicted molar refractivity (Wildman–Crippen MR) is 66.3 cm³/mol. The lowest BCUT2D eigenvalue weighted by atomic mass is 9.88. The van der Waals surface area contributed by atoms with Crippen molar-refractivity contribution in [1.82, 2.24) is 20.1 Å². The molecule has 0 saturated heterocycles. The molecule has 1 aliphatic rings. The van der Waals surface area contributed by atoms with E-state index in [0.29, 0.717) is 24.0 Å². The quantitative estimate of drug-likeness (QED) is 0.820. The van der Waals surface area contributed by atoms with E-state index in [0.717, 1.165) is 24.8 Å². The zero-order chi connectivity index (χ0) is 13.2. The van der Waals surface area contributed by atoms with Crippen molar-refractivity contribution in [1.29, 1.82) is 0 Å². The second-order valence-electron chi connectivity index (χ2n) is 4.80. The Morgan fingerprint density at radius 2 is 2.00 bits per heavy atom. The number of carbonyl (C=O) groups excluding carboxylic acids is 1. The van der Waals surface area contributed by atoms with Crippen molar-refractivity contribution in [2.45, 2.75) is 38.5 Å². The average Bonchev–Trinajstić information content (AvgIpc) is 2.89. The molecule has 0 spiro atoms. The Hall–Kier alpha value is -2.11. The number of hydrogen-bond acceptors (Lipinski definition) is 6. The topological polar surface area (TPSA) is 81.8 Å². The molecule has 0 bridgehead atoms. The molecular weight excluding hydrogens is 244 g/mol. The van der Waals surface area contributed by atoms with E-state index in [1.54, 1.807) is 12.4 Å². The van der Waals surface area contributed by atoms with Gasteiger partial charge in [0.2, 0.25) is 17.5 Å². The minimum absolute atomic E-state index is 0.186. The molecule has 2 aromatic rings. The number of hydrogen-bond donors (Lipinski definition) is 0. The Morgan fingerprint density at radius 1 is 1.21 bits per heavy atom. The molecule has 1 aliphatic carbocycles. The SMILES string of the molecule is Cc1cnc(-c2noc(C3CCCCC3=O)n2)nc1. The summed E-state index contributed by atoms with van der Waals surface area (Å²) in [6.07, 6.45) is 6.76. The van der Waals surface area contributed by atoms with Crippen LogP contribution in [0.3, 0.4) is 0 Å². The molecule has 0 aliphatic heterocycles. The Morgan fingerprint density at radius 3 is 2.74 bits per heavy atom. The molecule has 6 nitrogen and oxygen atoms in total. The predicted octanol–water partition coefficient (Wildman–Crippen LogP) is 2.06. The van der Waals surface area contributed by atoms with Crippen molar-refractivity contribution in [3.8, 4) is 11.6 Å². The van der Waals surface area contributed by atoms with Crippen LogP contribution in [0.25, 0.3) is 11.6 Å². The first kappa shape index (κ1) is 12.0. The molecule has 98 valence electrons. The smallest absolute Gasteiger partial charge is 0.240 e. The van der Waals surface area contributed by atoms with Gasteiger partial charge in [0.25, 0.3) is 0 Å². The summed E-state index contributed by atoms with van der Waals surface area (Å²) in [5.41, 5.74) is 0.968. The van der Waals surface area contributed by atoms with Gasteiger partial charge < -0.3 is 4.52 Å². The van der Waals surface area contributed by atoms with Crippen LogP contribution in [-0.2, 0) is 4.79 Å². The molecule has 3 rings (SSSR count). The first-order valence-corrected chi connectivity index (χ1v) is 6.39. The average molecular weight is 258 g/mol. The highest BCUT2D eigenvalue weighted by molar-refractivity contribution is 5.85. The van der Waals surface area contributed by atoms with Crippen molar-refractivity contribution < 1.29 is 9.32 Å². The zero-order valence-corrected chi connectivity index (χ0v) is 10.7. The molecule has 1 saturated carbocycles. The number of carbonyl (C=O) groups is 1. The van der Waals surface area contributed by atoms with Crippen LogP contribution in [0.2, 0.25) is 0 Å². The van der Waals surface area contributed by atoms with Gasteiger partial charge in [0.05, 0.1) is 5.92 Å². The summed E-state index contributed by atoms with van der Waals surface area (Å²) < 4.78 is 5.20. The van der Waals surface area contributed by atoms with E-state index in [1.807, 2.05) is 6.92 Å². The van der Waals surface area contributed by atoms with E-state index in [4.69, 9.17) is 4.52 Å². The highest BCUT2D eigenvalue weighted by atomic mass is 16.5. The Labute approximate surface area is 110 Å². The molecular formula is C13H14N4O2. The fraction of sp³-hybridized carbons (Fsp3) is 0.462. The maximum absolute atomic E-state index is 11.8. The highest BCUT2D eigenvalue weighted by Gasteiger charge is 2.29. The lowest BCUT2D eigenvalue weighted by molar-refractivity contribution is -0.122. The lowest BCUT2D eigenvalue weighted by Gasteiger charge is -2.16. The van der Waals surface area contributed by atoms with E-state index in [2.05, 4.69) is 20.1 Å². The van der Waals surface area contributed by atoms with Gasteiger partial charge in [0.1, 0.15) is 5.78 Å². The van der Waals surface area contributed by atoms with Crippen molar-refractivity contribution >= 4 is 5.78 Å². The second kappa shape index (κ2) is 4.87. The molecule has 1 unspecified atom stereocenters. The van der Waals surface area contributed by atoms with Crippen molar-refractivity contribution in [2.24, 2.45) is 0 Å². The van der Waals surface area contributed by atoms with Gasteiger partial charge in [0, 0.05) is 18.8 Å². The van der Waals surface area contributed by atoms with Gasteiger partial charge in [-0.3, -0.25) is 4.79 Å². The van der Waals surface area contributed by atoms with E-state index >= 15 is 0 Å². The zero-order valence-electron chi connectivity index (χ0n) is 10.7. The second-order valence-corrected chi connectivity index (χ2v) is 4.80. The standard InChI is InChI=1S/C13H14N4O2/c1-8-6-14-11(15-7-8)12-16-13(19-17-12)9-4-2-3-5-10(9)18/h6-7,9H,2-5H2,1H3. The van der Waals surface area contributed by atoms with Crippen LogP contribution in [0.4, 0.5) is 0 Å². The van der Waals surface area contributed by atoms with Crippen LogP contribution in [0.15, 0.2) is 16.9 Å². The maximum atomic E-state index is 11.8. The summed E-state index contributed by atoms with van der Waals surface area (Å²) in [4.78, 5) is 24.4. The highest BCUT2D eigenvalue weighted by Crippen LogP contribution is 2.29. The minimum Gasteiger partial charge on any atom is -0.338 e. The van der Waals surface area contributed by atoms with E-state index in [9.17, 15) is 4.79 Å². The molecule has 19 heavy (non-hydrogen) atoms. The molecule has 0 amide bonds. The number of ketones is 1. The largest absolute Gasteiger partial charge is 0.338 e. The number of aryl methyl sites for hydroxylation is 1. The van der Waals surface area contributed by atoms with Gasteiger partial charge in [-0.2, -0.15) is 4.98 Å². The van der Waals surface area contributed by atoms with Crippen molar-refractivity contribution in [3.05, 3.63) is 23.8 Å². The monoisotopic (exact) mass is 258 g/mol. The van der Waals surface area contributed by atoms with Gasteiger partial charge in [0.15, 0.2) is 0 Å². The normalized spacial score (nSPS) is 19.6. The molecule has 2 aromatic heterocycles. The Balaban J connectivity index is 1.86. The molecule has 1 fully saturated rings. The first-order chi connectivity index (χ1) is 9.24. The van der Waals surface area contributed by atoms with Gasteiger partial charge in [-0.15, -0.1) is 0 Å². The van der Waals surface area contributed by atoms with Gasteiger partial charge >= 0.3 is 0 Å². The number of rotatable bonds is 2. The third kappa shape index (κ3) is 2.38. The fourth-order valence-electron chi connectivity index (χ4n) is 2.22. The summed E-state index contributed by atoms with van der Waals surface area (Å²) in [6.45, 7) is 1.91. The first-order valence-electron chi connectivity index (χ1n) is 6.39. The van der Waals surface area contributed by atoms with Crippen molar-refractivity contribution in [3.63, 3.8) is 0 Å². The number of aromatic nitrogens is 4. The molecule has 6 heteroatoms. The summed E-state index contributed by atoms with van der Waals surface area (Å²) in [5.74, 6) is 1.09. The van der Waals surface area contributed by atoms with Crippen LogP contribution in [0, 0.1) is 6.92 Å². The summed E-state index contributed by atoms with van der Waals surface area (Å²) in [7, 11) is 0. The third-order valence-electron chi connectivity index (χ3n) is 3.28. The van der Waals surface area contributed by atoms with Gasteiger partial charge in [-0.1, -0.05) is 11.6 Å². The molecule has 2 heterocycles. The summed E-state index contributed by atoms with van der Waals surface area (Å²) >= 11 is 0. The molecule has 0 radical (unpaired) electrons. The Kier molecular flexibility index (Phi) is 3.06. The maximum Gasteiger partial charge on any atom is 0.240 e. The summed E-state index contributed by atoms with van der Waals surface area (Å²) in [6, 6.07) is 0. The molecule has 1 atom stereocenters. The molecule has 0 aromatic carbocycles. The van der Waals surface area contributed by atoms with E-state index in [1.165, 1.54) is 0 Å².